The summed E-state index contributed by atoms with van der Waals surface area (Å²) < 4.78 is 0. The van der Waals surface area contributed by atoms with Crippen molar-refractivity contribution in [2.24, 2.45) is 22.2 Å². The zero-order valence-corrected chi connectivity index (χ0v) is 12.6. The molecule has 1 rings (SSSR count). The molecule has 4 nitrogen and oxygen atoms in total. The minimum Gasteiger partial charge on any atom is -0.330 e. The van der Waals surface area contributed by atoms with Crippen LogP contribution in [0.5, 0.6) is 0 Å². The maximum Gasteiger partial charge on any atom is 0.252 e. The van der Waals surface area contributed by atoms with E-state index in [-0.39, 0.29) is 22.8 Å². The van der Waals surface area contributed by atoms with Crippen LogP contribution in [0.4, 0.5) is 0 Å². The number of carbonyl (C=O) groups excluding carboxylic acids is 1. The van der Waals surface area contributed by atoms with Crippen molar-refractivity contribution in [2.45, 2.75) is 59.9 Å². The van der Waals surface area contributed by atoms with Gasteiger partial charge in [0.15, 0.2) is 0 Å². The molecule has 2 N–H and O–H groups in total. The summed E-state index contributed by atoms with van der Waals surface area (Å²) in [6, 6.07) is 0. The van der Waals surface area contributed by atoms with Crippen molar-refractivity contribution in [1.82, 2.24) is 5.01 Å². The van der Waals surface area contributed by atoms with Crippen LogP contribution < -0.4 is 5.73 Å². The molecule has 0 radical (unpaired) electrons. The Kier molecular flexibility index (Phi) is 4.21. The summed E-state index contributed by atoms with van der Waals surface area (Å²) in [5.74, 6) is 0.0358. The highest BCUT2D eigenvalue weighted by atomic mass is 16.2. The predicted molar refractivity (Wildman–Crippen MR) is 75.3 cm³/mol. The number of nitrogens with zero attached hydrogens (tertiary/aromatic N) is 2. The highest BCUT2D eigenvalue weighted by Crippen LogP contribution is 2.34. The topological polar surface area (TPSA) is 58.7 Å². The predicted octanol–water partition coefficient (Wildman–Crippen LogP) is 2.38. The lowest BCUT2D eigenvalue weighted by molar-refractivity contribution is -0.136. The third kappa shape index (κ3) is 3.10. The van der Waals surface area contributed by atoms with Gasteiger partial charge in [-0.1, -0.05) is 20.8 Å². The highest BCUT2D eigenvalue weighted by molar-refractivity contribution is 6.10. The third-order valence-electron chi connectivity index (χ3n) is 3.15. The highest BCUT2D eigenvalue weighted by Gasteiger charge is 2.43. The number of rotatable bonds is 3. The van der Waals surface area contributed by atoms with Gasteiger partial charge in [-0.05, 0) is 40.2 Å². The lowest BCUT2D eigenvalue weighted by Gasteiger charge is -2.28. The molecular weight excluding hydrogens is 226 g/mol. The van der Waals surface area contributed by atoms with Gasteiger partial charge < -0.3 is 5.73 Å². The van der Waals surface area contributed by atoms with E-state index in [1.54, 1.807) is 5.01 Å². The van der Waals surface area contributed by atoms with Crippen molar-refractivity contribution < 1.29 is 4.79 Å². The second-order valence-electron chi connectivity index (χ2n) is 7.04. The van der Waals surface area contributed by atoms with E-state index in [0.29, 0.717) is 6.54 Å². The second kappa shape index (κ2) is 5.00. The smallest absolute Gasteiger partial charge is 0.252 e. The summed E-state index contributed by atoms with van der Waals surface area (Å²) in [5, 5.41) is 6.25. The van der Waals surface area contributed by atoms with Crippen molar-refractivity contribution >= 4 is 11.6 Å². The molecule has 1 heterocycles. The van der Waals surface area contributed by atoms with Gasteiger partial charge in [-0.15, -0.1) is 0 Å². The van der Waals surface area contributed by atoms with E-state index in [1.165, 1.54) is 0 Å². The molecule has 4 heteroatoms. The van der Waals surface area contributed by atoms with Crippen molar-refractivity contribution in [3.63, 3.8) is 0 Å². The quantitative estimate of drug-likeness (QED) is 0.839. The first-order valence-corrected chi connectivity index (χ1v) is 6.72. The van der Waals surface area contributed by atoms with E-state index in [4.69, 9.17) is 5.73 Å². The number of hydrogen-bond donors (Lipinski definition) is 1. The zero-order valence-electron chi connectivity index (χ0n) is 12.6. The van der Waals surface area contributed by atoms with Gasteiger partial charge in [-0.2, -0.15) is 5.10 Å². The zero-order chi connectivity index (χ0) is 14.1. The Labute approximate surface area is 111 Å². The lowest BCUT2D eigenvalue weighted by Crippen LogP contribution is -2.41. The Morgan fingerprint density at radius 3 is 2.17 bits per heavy atom. The maximum absolute atomic E-state index is 12.5. The van der Waals surface area contributed by atoms with Crippen LogP contribution in [0.1, 0.15) is 54.4 Å². The van der Waals surface area contributed by atoms with E-state index >= 15 is 0 Å². The molecule has 1 aliphatic heterocycles. The molecule has 1 unspecified atom stereocenters. The average molecular weight is 253 g/mol. The molecule has 0 saturated heterocycles. The average Bonchev–Trinajstić information content (AvgIpc) is 2.51. The number of hydrazone groups is 1. The molecule has 0 aromatic carbocycles. The molecule has 1 aliphatic rings. The van der Waals surface area contributed by atoms with Crippen molar-refractivity contribution in [3.05, 3.63) is 0 Å². The monoisotopic (exact) mass is 253 g/mol. The Morgan fingerprint density at radius 2 is 1.78 bits per heavy atom. The SMILES string of the molecule is CC(C)(C)C1=NN(C(C)(C)C)C(=O)C1CCCN. The third-order valence-corrected chi connectivity index (χ3v) is 3.15. The molecule has 0 aromatic heterocycles. The van der Waals surface area contributed by atoms with Gasteiger partial charge in [0.1, 0.15) is 0 Å². The summed E-state index contributed by atoms with van der Waals surface area (Å²) in [6.07, 6.45) is 1.67. The van der Waals surface area contributed by atoms with Crippen LogP contribution >= 0.6 is 0 Å². The van der Waals surface area contributed by atoms with Gasteiger partial charge in [0, 0.05) is 5.41 Å². The largest absolute Gasteiger partial charge is 0.330 e. The van der Waals surface area contributed by atoms with E-state index in [9.17, 15) is 4.79 Å². The molecule has 0 aliphatic carbocycles. The number of carbonyl (C=O) groups is 1. The number of hydrogen-bond acceptors (Lipinski definition) is 3. The van der Waals surface area contributed by atoms with Crippen LogP contribution in [0, 0.1) is 11.3 Å². The Bertz CT molecular complexity index is 347. The van der Waals surface area contributed by atoms with E-state index in [2.05, 4.69) is 25.9 Å². The van der Waals surface area contributed by atoms with Gasteiger partial charge in [-0.3, -0.25) is 4.79 Å². The minimum atomic E-state index is -0.259. The van der Waals surface area contributed by atoms with Crippen LogP contribution in [0.15, 0.2) is 5.10 Å². The van der Waals surface area contributed by atoms with Gasteiger partial charge in [0.05, 0.1) is 17.2 Å². The Hall–Kier alpha value is -0.900. The molecule has 0 fully saturated rings. The molecule has 1 amide bonds. The van der Waals surface area contributed by atoms with Crippen LogP contribution in [-0.4, -0.2) is 28.7 Å². The van der Waals surface area contributed by atoms with E-state index in [0.717, 1.165) is 18.6 Å². The van der Waals surface area contributed by atoms with Crippen LogP contribution in [0.25, 0.3) is 0 Å². The Morgan fingerprint density at radius 1 is 1.22 bits per heavy atom. The summed E-state index contributed by atoms with van der Waals surface area (Å²) in [6.45, 7) is 13.0. The van der Waals surface area contributed by atoms with E-state index < -0.39 is 0 Å². The van der Waals surface area contributed by atoms with Crippen LogP contribution in [0.3, 0.4) is 0 Å². The van der Waals surface area contributed by atoms with Crippen molar-refractivity contribution in [3.8, 4) is 0 Å². The van der Waals surface area contributed by atoms with Crippen LogP contribution in [0.2, 0.25) is 0 Å². The lowest BCUT2D eigenvalue weighted by atomic mass is 9.80. The fraction of sp³-hybridized carbons (Fsp3) is 0.857. The standard InChI is InChI=1S/C14H27N3O/c1-13(2,3)11-10(8-7-9-15)12(18)17(16-11)14(4,5)6/h10H,7-9,15H2,1-6H3. The van der Waals surface area contributed by atoms with Crippen molar-refractivity contribution in [2.75, 3.05) is 6.54 Å². The Balaban J connectivity index is 3.04. The minimum absolute atomic E-state index is 0.0745. The van der Waals surface area contributed by atoms with Crippen LogP contribution in [-0.2, 0) is 4.79 Å². The van der Waals surface area contributed by atoms with Gasteiger partial charge in [0.25, 0.3) is 5.91 Å². The van der Waals surface area contributed by atoms with Gasteiger partial charge >= 0.3 is 0 Å². The first-order valence-electron chi connectivity index (χ1n) is 6.72. The first kappa shape index (κ1) is 15.2. The molecule has 0 spiro atoms. The molecule has 0 aromatic rings. The number of amides is 1. The molecule has 0 bridgehead atoms. The van der Waals surface area contributed by atoms with Gasteiger partial charge in [0.2, 0.25) is 0 Å². The summed E-state index contributed by atoms with van der Waals surface area (Å²) in [4.78, 5) is 12.5. The summed E-state index contributed by atoms with van der Waals surface area (Å²) >= 11 is 0. The summed E-state index contributed by atoms with van der Waals surface area (Å²) in [7, 11) is 0. The molecular formula is C14H27N3O. The second-order valence-corrected chi connectivity index (χ2v) is 7.04. The molecule has 104 valence electrons. The first-order chi connectivity index (χ1) is 8.09. The number of nitrogens with two attached hydrogens (primary N) is 1. The fourth-order valence-corrected chi connectivity index (χ4v) is 2.23. The van der Waals surface area contributed by atoms with Gasteiger partial charge in [-0.25, -0.2) is 5.01 Å². The maximum atomic E-state index is 12.5. The van der Waals surface area contributed by atoms with E-state index in [1.807, 2.05) is 20.8 Å². The van der Waals surface area contributed by atoms with Crippen molar-refractivity contribution in [1.29, 1.82) is 0 Å². The molecule has 0 saturated carbocycles. The molecule has 18 heavy (non-hydrogen) atoms. The fourth-order valence-electron chi connectivity index (χ4n) is 2.23. The normalized spacial score (nSPS) is 21.5. The summed E-state index contributed by atoms with van der Waals surface area (Å²) in [5.41, 5.74) is 6.23. The molecule has 1 atom stereocenters.